The second kappa shape index (κ2) is 7.68. The Morgan fingerprint density at radius 2 is 1.90 bits per heavy atom. The Hall–Kier alpha value is -3.58. The van der Waals surface area contributed by atoms with Gasteiger partial charge in [-0.3, -0.25) is 14.8 Å². The summed E-state index contributed by atoms with van der Waals surface area (Å²) in [5.41, 5.74) is 4.88. The summed E-state index contributed by atoms with van der Waals surface area (Å²) < 4.78 is 13.6. The number of rotatable bonds is 4. The van der Waals surface area contributed by atoms with E-state index in [-0.39, 0.29) is 11.4 Å². The van der Waals surface area contributed by atoms with Crippen LogP contribution in [0.5, 0.6) is 0 Å². The average Bonchev–Trinajstić information content (AvgIpc) is 3.23. The van der Waals surface area contributed by atoms with Crippen molar-refractivity contribution in [2.75, 3.05) is 6.54 Å². The first-order valence-corrected chi connectivity index (χ1v) is 9.85. The van der Waals surface area contributed by atoms with Gasteiger partial charge in [-0.1, -0.05) is 42.5 Å². The van der Waals surface area contributed by atoms with Gasteiger partial charge < -0.3 is 4.98 Å². The fraction of sp³-hybridized carbons (Fsp3) is 0.174. The van der Waals surface area contributed by atoms with Crippen LogP contribution in [0.2, 0.25) is 0 Å². The molecule has 2 aromatic heterocycles. The molecule has 2 aromatic carbocycles. The molecule has 1 aliphatic rings. The molecule has 6 nitrogen and oxygen atoms in total. The number of aromatic amines is 2. The summed E-state index contributed by atoms with van der Waals surface area (Å²) in [5.74, 6) is 0.322. The molecule has 7 heteroatoms. The molecule has 0 saturated carbocycles. The van der Waals surface area contributed by atoms with Crippen molar-refractivity contribution in [1.82, 2.24) is 25.1 Å². The van der Waals surface area contributed by atoms with Crippen LogP contribution in [-0.2, 0) is 19.5 Å². The third-order valence-electron chi connectivity index (χ3n) is 5.42. The molecule has 0 fully saturated rings. The molecule has 0 bridgehead atoms. The Labute approximate surface area is 172 Å². The van der Waals surface area contributed by atoms with Gasteiger partial charge in [-0.05, 0) is 12.1 Å². The van der Waals surface area contributed by atoms with Gasteiger partial charge in [0.05, 0.1) is 23.1 Å². The number of benzene rings is 2. The Morgan fingerprint density at radius 1 is 1.07 bits per heavy atom. The highest BCUT2D eigenvalue weighted by atomic mass is 19.1. The Kier molecular flexibility index (Phi) is 4.72. The maximum absolute atomic E-state index is 13.6. The molecular formula is C23H20FN5O. The first-order valence-electron chi connectivity index (χ1n) is 9.85. The van der Waals surface area contributed by atoms with Crippen LogP contribution in [0.1, 0.15) is 16.8 Å². The Bertz CT molecular complexity index is 1250. The van der Waals surface area contributed by atoms with Gasteiger partial charge in [-0.25, -0.2) is 9.37 Å². The van der Waals surface area contributed by atoms with Gasteiger partial charge in [-0.15, -0.1) is 0 Å². The van der Waals surface area contributed by atoms with Crippen LogP contribution < -0.4 is 5.56 Å². The molecule has 2 N–H and O–H groups in total. The van der Waals surface area contributed by atoms with Crippen LogP contribution in [0, 0.1) is 5.82 Å². The normalized spacial score (nSPS) is 13.9. The van der Waals surface area contributed by atoms with E-state index in [1.54, 1.807) is 12.3 Å². The summed E-state index contributed by atoms with van der Waals surface area (Å²) in [4.78, 5) is 22.6. The lowest BCUT2D eigenvalue weighted by molar-refractivity contribution is 0.242. The van der Waals surface area contributed by atoms with Crippen LogP contribution in [0.4, 0.5) is 4.39 Å². The minimum absolute atomic E-state index is 0.0962. The van der Waals surface area contributed by atoms with E-state index in [9.17, 15) is 9.18 Å². The first kappa shape index (κ1) is 18.4. The van der Waals surface area contributed by atoms with E-state index in [0.717, 1.165) is 34.6 Å². The number of hydrogen-bond donors (Lipinski definition) is 2. The fourth-order valence-electron chi connectivity index (χ4n) is 3.91. The van der Waals surface area contributed by atoms with E-state index in [1.165, 1.54) is 12.1 Å². The van der Waals surface area contributed by atoms with Gasteiger partial charge in [0.1, 0.15) is 11.6 Å². The van der Waals surface area contributed by atoms with E-state index in [2.05, 4.69) is 20.1 Å². The maximum Gasteiger partial charge on any atom is 0.255 e. The fourth-order valence-corrected chi connectivity index (χ4v) is 3.91. The second-order valence-electron chi connectivity index (χ2n) is 7.45. The van der Waals surface area contributed by atoms with Crippen LogP contribution in [0.25, 0.3) is 22.6 Å². The van der Waals surface area contributed by atoms with Gasteiger partial charge in [0, 0.05) is 42.7 Å². The molecule has 0 spiro atoms. The highest BCUT2D eigenvalue weighted by Crippen LogP contribution is 2.25. The molecule has 0 atom stereocenters. The lowest BCUT2D eigenvalue weighted by Crippen LogP contribution is -2.35. The highest BCUT2D eigenvalue weighted by Gasteiger charge is 2.23. The summed E-state index contributed by atoms with van der Waals surface area (Å²) in [6, 6.07) is 16.1. The molecule has 1 aliphatic heterocycles. The number of fused-ring (bicyclic) bond motifs is 1. The minimum atomic E-state index is -0.285. The van der Waals surface area contributed by atoms with E-state index >= 15 is 0 Å². The zero-order chi connectivity index (χ0) is 20.5. The second-order valence-corrected chi connectivity index (χ2v) is 7.45. The van der Waals surface area contributed by atoms with Crippen LogP contribution in [0.15, 0.2) is 65.6 Å². The SMILES string of the molecule is O=c1[nH]c(-c2ccccc2)nc2c1CN(Cc1cn[nH]c1-c1cccc(F)c1)CC2. The predicted molar refractivity (Wildman–Crippen MR) is 112 cm³/mol. The lowest BCUT2D eigenvalue weighted by atomic mass is 10.0. The number of nitrogens with zero attached hydrogens (tertiary/aromatic N) is 3. The number of hydrogen-bond acceptors (Lipinski definition) is 4. The highest BCUT2D eigenvalue weighted by molar-refractivity contribution is 5.62. The topological polar surface area (TPSA) is 77.7 Å². The standard InChI is InChI=1S/C23H20FN5O/c24-18-8-4-7-16(11-18)21-17(12-25-28-21)13-29-10-9-20-19(14-29)23(30)27-22(26-20)15-5-2-1-3-6-15/h1-8,11-12H,9-10,13-14H2,(H,25,28)(H,26,27,30). The van der Waals surface area contributed by atoms with E-state index in [4.69, 9.17) is 4.98 Å². The van der Waals surface area contributed by atoms with Crippen molar-refractivity contribution in [3.05, 3.63) is 93.8 Å². The van der Waals surface area contributed by atoms with Crippen LogP contribution in [0.3, 0.4) is 0 Å². The minimum Gasteiger partial charge on any atom is -0.306 e. The molecular weight excluding hydrogens is 381 g/mol. The van der Waals surface area contributed by atoms with Crippen molar-refractivity contribution in [3.63, 3.8) is 0 Å². The number of halogens is 1. The Morgan fingerprint density at radius 3 is 2.73 bits per heavy atom. The molecule has 0 aliphatic carbocycles. The molecule has 0 amide bonds. The van der Waals surface area contributed by atoms with Crippen molar-refractivity contribution in [2.24, 2.45) is 0 Å². The third-order valence-corrected chi connectivity index (χ3v) is 5.42. The molecule has 3 heterocycles. The number of aromatic nitrogens is 4. The molecule has 4 aromatic rings. The van der Waals surface area contributed by atoms with Gasteiger partial charge in [-0.2, -0.15) is 5.10 Å². The van der Waals surface area contributed by atoms with Crippen molar-refractivity contribution >= 4 is 0 Å². The molecule has 0 unspecified atom stereocenters. The summed E-state index contributed by atoms with van der Waals surface area (Å²) in [5, 5.41) is 7.12. The molecule has 0 radical (unpaired) electrons. The summed E-state index contributed by atoms with van der Waals surface area (Å²) in [6.07, 6.45) is 2.46. The molecule has 5 rings (SSSR count). The number of H-pyrrole nitrogens is 2. The third kappa shape index (κ3) is 3.55. The summed E-state index contributed by atoms with van der Waals surface area (Å²) in [6.45, 7) is 1.91. The molecule has 30 heavy (non-hydrogen) atoms. The van der Waals surface area contributed by atoms with E-state index in [0.29, 0.717) is 30.9 Å². The predicted octanol–water partition coefficient (Wildman–Crippen LogP) is 3.52. The smallest absolute Gasteiger partial charge is 0.255 e. The molecule has 150 valence electrons. The Balaban J connectivity index is 1.39. The quantitative estimate of drug-likeness (QED) is 0.549. The van der Waals surface area contributed by atoms with Crippen LogP contribution >= 0.6 is 0 Å². The van der Waals surface area contributed by atoms with Crippen molar-refractivity contribution in [3.8, 4) is 22.6 Å². The summed E-state index contributed by atoms with van der Waals surface area (Å²) >= 11 is 0. The number of nitrogens with one attached hydrogen (secondary N) is 2. The largest absolute Gasteiger partial charge is 0.306 e. The van der Waals surface area contributed by atoms with Gasteiger partial charge in [0.15, 0.2) is 0 Å². The summed E-state index contributed by atoms with van der Waals surface area (Å²) in [7, 11) is 0. The lowest BCUT2D eigenvalue weighted by Gasteiger charge is -2.27. The van der Waals surface area contributed by atoms with Crippen molar-refractivity contribution in [1.29, 1.82) is 0 Å². The zero-order valence-electron chi connectivity index (χ0n) is 16.2. The van der Waals surface area contributed by atoms with Gasteiger partial charge in [0.25, 0.3) is 5.56 Å². The van der Waals surface area contributed by atoms with E-state index in [1.807, 2.05) is 36.4 Å². The first-order chi connectivity index (χ1) is 14.7. The monoisotopic (exact) mass is 401 g/mol. The van der Waals surface area contributed by atoms with Gasteiger partial charge >= 0.3 is 0 Å². The molecule has 0 saturated heterocycles. The zero-order valence-corrected chi connectivity index (χ0v) is 16.2. The van der Waals surface area contributed by atoms with Gasteiger partial charge in [0.2, 0.25) is 0 Å². The van der Waals surface area contributed by atoms with Crippen LogP contribution in [-0.4, -0.2) is 31.6 Å². The average molecular weight is 401 g/mol. The maximum atomic E-state index is 13.6. The van der Waals surface area contributed by atoms with Crippen molar-refractivity contribution < 1.29 is 4.39 Å². The van der Waals surface area contributed by atoms with Crippen molar-refractivity contribution in [2.45, 2.75) is 19.5 Å². The van der Waals surface area contributed by atoms with E-state index < -0.39 is 0 Å².